The molecule has 1 aliphatic heterocycles. The van der Waals surface area contributed by atoms with Crippen molar-refractivity contribution < 1.29 is 19.2 Å². The van der Waals surface area contributed by atoms with Crippen LogP contribution in [0.1, 0.15) is 16.8 Å². The van der Waals surface area contributed by atoms with Crippen molar-refractivity contribution in [2.75, 3.05) is 23.7 Å². The SMILES string of the molecule is O=C(CCN1C(=O)CNC1=O)Nc1ccc(NC(=O)c2ccc(-c3ccccc3)[nH]c2=O)cc1. The fourth-order valence-electron chi connectivity index (χ4n) is 3.39. The number of nitrogens with zero attached hydrogens (tertiary/aromatic N) is 1. The van der Waals surface area contributed by atoms with Crippen LogP contribution in [0.15, 0.2) is 71.5 Å². The number of rotatable bonds is 7. The van der Waals surface area contributed by atoms with Crippen molar-refractivity contribution in [1.82, 2.24) is 15.2 Å². The molecule has 3 aromatic rings. The van der Waals surface area contributed by atoms with E-state index in [-0.39, 0.29) is 36.9 Å². The highest BCUT2D eigenvalue weighted by atomic mass is 16.2. The Morgan fingerprint density at radius 2 is 1.53 bits per heavy atom. The normalized spacial score (nSPS) is 12.9. The van der Waals surface area contributed by atoms with Gasteiger partial charge in [0.2, 0.25) is 11.8 Å². The molecule has 0 saturated carbocycles. The number of anilines is 2. The molecule has 5 amide bonds. The van der Waals surface area contributed by atoms with Gasteiger partial charge in [0.25, 0.3) is 11.5 Å². The summed E-state index contributed by atoms with van der Waals surface area (Å²) in [5.74, 6) is -1.30. The van der Waals surface area contributed by atoms with Gasteiger partial charge >= 0.3 is 6.03 Å². The van der Waals surface area contributed by atoms with Crippen molar-refractivity contribution in [2.24, 2.45) is 0 Å². The van der Waals surface area contributed by atoms with Gasteiger partial charge in [-0.1, -0.05) is 30.3 Å². The van der Waals surface area contributed by atoms with E-state index in [1.165, 1.54) is 6.07 Å². The topological polar surface area (TPSA) is 140 Å². The van der Waals surface area contributed by atoms with Gasteiger partial charge < -0.3 is 20.9 Å². The molecule has 34 heavy (non-hydrogen) atoms. The summed E-state index contributed by atoms with van der Waals surface area (Å²) in [6, 6.07) is 18.3. The molecular formula is C24H21N5O5. The minimum absolute atomic E-state index is 0.0117. The summed E-state index contributed by atoms with van der Waals surface area (Å²) in [5.41, 5.74) is 1.82. The molecule has 4 rings (SSSR count). The number of carbonyl (C=O) groups excluding carboxylic acids is 4. The summed E-state index contributed by atoms with van der Waals surface area (Å²) in [6.45, 7) is -0.0705. The van der Waals surface area contributed by atoms with Crippen LogP contribution in [0.3, 0.4) is 0 Å². The Labute approximate surface area is 194 Å². The highest BCUT2D eigenvalue weighted by molar-refractivity contribution is 6.04. The molecule has 2 aromatic carbocycles. The number of hydrogen-bond donors (Lipinski definition) is 4. The lowest BCUT2D eigenvalue weighted by molar-refractivity contribution is -0.125. The Balaban J connectivity index is 1.33. The number of carbonyl (C=O) groups is 4. The summed E-state index contributed by atoms with van der Waals surface area (Å²) in [4.78, 5) is 63.8. The smallest absolute Gasteiger partial charge is 0.324 e. The second-order valence-corrected chi connectivity index (χ2v) is 7.51. The summed E-state index contributed by atoms with van der Waals surface area (Å²) < 4.78 is 0. The van der Waals surface area contributed by atoms with Gasteiger partial charge in [0, 0.05) is 30.0 Å². The molecule has 10 heteroatoms. The number of H-pyrrole nitrogens is 1. The van der Waals surface area contributed by atoms with E-state index >= 15 is 0 Å². The van der Waals surface area contributed by atoms with Crippen LogP contribution in [0.5, 0.6) is 0 Å². The Morgan fingerprint density at radius 3 is 2.15 bits per heavy atom. The summed E-state index contributed by atoms with van der Waals surface area (Å²) in [7, 11) is 0. The number of nitrogens with one attached hydrogen (secondary N) is 4. The van der Waals surface area contributed by atoms with Crippen LogP contribution in [0.25, 0.3) is 11.3 Å². The maximum Gasteiger partial charge on any atom is 0.324 e. The minimum Gasteiger partial charge on any atom is -0.329 e. The molecule has 10 nitrogen and oxygen atoms in total. The van der Waals surface area contributed by atoms with E-state index in [1.54, 1.807) is 30.3 Å². The first-order valence-electron chi connectivity index (χ1n) is 10.5. The largest absolute Gasteiger partial charge is 0.329 e. The van der Waals surface area contributed by atoms with Crippen molar-refractivity contribution in [1.29, 1.82) is 0 Å². The van der Waals surface area contributed by atoms with E-state index in [1.807, 2.05) is 30.3 Å². The quantitative estimate of drug-likeness (QED) is 0.401. The van der Waals surface area contributed by atoms with E-state index in [9.17, 15) is 24.0 Å². The molecule has 1 aromatic heterocycles. The van der Waals surface area contributed by atoms with Gasteiger partial charge in [0.05, 0.1) is 6.54 Å². The third-order valence-corrected chi connectivity index (χ3v) is 5.16. The molecule has 1 aliphatic rings. The van der Waals surface area contributed by atoms with Crippen LogP contribution < -0.4 is 21.5 Å². The molecule has 1 fully saturated rings. The first kappa shape index (κ1) is 22.5. The first-order chi connectivity index (χ1) is 16.4. The van der Waals surface area contributed by atoms with Gasteiger partial charge in [0.1, 0.15) is 5.56 Å². The van der Waals surface area contributed by atoms with Gasteiger partial charge in [0.15, 0.2) is 0 Å². The molecule has 0 radical (unpaired) electrons. The van der Waals surface area contributed by atoms with E-state index in [4.69, 9.17) is 0 Å². The molecule has 0 aliphatic carbocycles. The Hall–Kier alpha value is -4.73. The lowest BCUT2D eigenvalue weighted by Gasteiger charge is -2.12. The maximum atomic E-state index is 12.5. The van der Waals surface area contributed by atoms with Crippen LogP contribution in [0.4, 0.5) is 16.2 Å². The monoisotopic (exact) mass is 459 g/mol. The molecule has 0 atom stereocenters. The van der Waals surface area contributed by atoms with Crippen molar-refractivity contribution in [2.45, 2.75) is 6.42 Å². The Kier molecular flexibility index (Phi) is 6.49. The molecule has 2 heterocycles. The highest BCUT2D eigenvalue weighted by Gasteiger charge is 2.28. The number of benzene rings is 2. The van der Waals surface area contributed by atoms with E-state index in [2.05, 4.69) is 20.9 Å². The van der Waals surface area contributed by atoms with Crippen molar-refractivity contribution in [3.05, 3.63) is 82.6 Å². The number of amides is 5. The third kappa shape index (κ3) is 5.18. The van der Waals surface area contributed by atoms with Crippen LogP contribution in [0.2, 0.25) is 0 Å². The predicted octanol–water partition coefficient (Wildman–Crippen LogP) is 2.17. The fraction of sp³-hybridized carbons (Fsp3) is 0.125. The van der Waals surface area contributed by atoms with Gasteiger partial charge in [-0.25, -0.2) is 4.79 Å². The predicted molar refractivity (Wildman–Crippen MR) is 125 cm³/mol. The second kappa shape index (κ2) is 9.82. The lowest BCUT2D eigenvalue weighted by Crippen LogP contribution is -2.33. The maximum absolute atomic E-state index is 12.5. The Morgan fingerprint density at radius 1 is 0.853 bits per heavy atom. The third-order valence-electron chi connectivity index (χ3n) is 5.16. The fourth-order valence-corrected chi connectivity index (χ4v) is 3.39. The van der Waals surface area contributed by atoms with Crippen molar-refractivity contribution >= 4 is 35.1 Å². The number of aromatic nitrogens is 1. The highest BCUT2D eigenvalue weighted by Crippen LogP contribution is 2.17. The number of hydrogen-bond acceptors (Lipinski definition) is 5. The molecule has 172 valence electrons. The van der Waals surface area contributed by atoms with Crippen LogP contribution >= 0.6 is 0 Å². The molecule has 4 N–H and O–H groups in total. The van der Waals surface area contributed by atoms with E-state index < -0.39 is 17.5 Å². The van der Waals surface area contributed by atoms with Crippen LogP contribution in [-0.2, 0) is 9.59 Å². The van der Waals surface area contributed by atoms with Gasteiger partial charge in [-0.15, -0.1) is 0 Å². The van der Waals surface area contributed by atoms with Crippen LogP contribution in [0, 0.1) is 0 Å². The molecule has 0 spiro atoms. The number of aromatic amines is 1. The Bertz CT molecular complexity index is 1290. The van der Waals surface area contributed by atoms with E-state index in [0.717, 1.165) is 10.5 Å². The summed E-state index contributed by atoms with van der Waals surface area (Å²) >= 11 is 0. The zero-order valence-corrected chi connectivity index (χ0v) is 18.0. The van der Waals surface area contributed by atoms with Crippen molar-refractivity contribution in [3.63, 3.8) is 0 Å². The summed E-state index contributed by atoms with van der Waals surface area (Å²) in [6.07, 6.45) is -0.0423. The number of pyridine rings is 1. The molecule has 0 bridgehead atoms. The average Bonchev–Trinajstić information content (AvgIpc) is 3.16. The minimum atomic E-state index is -0.564. The van der Waals surface area contributed by atoms with E-state index in [0.29, 0.717) is 17.1 Å². The average molecular weight is 459 g/mol. The second-order valence-electron chi connectivity index (χ2n) is 7.51. The van der Waals surface area contributed by atoms with Crippen molar-refractivity contribution in [3.8, 4) is 11.3 Å². The molecule has 1 saturated heterocycles. The van der Waals surface area contributed by atoms with Gasteiger partial charge in [-0.05, 0) is 42.0 Å². The molecule has 0 unspecified atom stereocenters. The molecular weight excluding hydrogens is 438 g/mol. The van der Waals surface area contributed by atoms with Crippen LogP contribution in [-0.4, -0.2) is 46.7 Å². The number of imide groups is 1. The zero-order valence-electron chi connectivity index (χ0n) is 18.0. The zero-order chi connectivity index (χ0) is 24.1. The first-order valence-corrected chi connectivity index (χ1v) is 10.5. The van der Waals surface area contributed by atoms with Gasteiger partial charge in [-0.2, -0.15) is 0 Å². The van der Waals surface area contributed by atoms with Gasteiger partial charge in [-0.3, -0.25) is 24.1 Å². The lowest BCUT2D eigenvalue weighted by atomic mass is 10.1. The number of urea groups is 1. The standard InChI is InChI=1S/C24H21N5O5/c30-20(12-13-29-21(31)14-25-24(29)34)26-16-6-8-17(9-7-16)27-22(32)18-10-11-19(28-23(18)33)15-4-2-1-3-5-15/h1-11H,12-14H2,(H,25,34)(H,26,30)(H,27,32)(H,28,33). The summed E-state index contributed by atoms with van der Waals surface area (Å²) in [5, 5.41) is 7.70.